The van der Waals surface area contributed by atoms with Gasteiger partial charge in [0.05, 0.1) is 12.7 Å². The van der Waals surface area contributed by atoms with Gasteiger partial charge in [0.2, 0.25) is 0 Å². The Hall–Kier alpha value is -2.21. The number of rotatable bonds is 5. The van der Waals surface area contributed by atoms with Gasteiger partial charge in [-0.15, -0.1) is 0 Å². The molecule has 110 valence electrons. The first kappa shape index (κ1) is 15.2. The van der Waals surface area contributed by atoms with Crippen LogP contribution in [0.5, 0.6) is 11.5 Å². The maximum Gasteiger partial charge on any atom is 0.129 e. The molecule has 2 rings (SSSR count). The second-order valence-corrected chi connectivity index (χ2v) is 4.73. The van der Waals surface area contributed by atoms with Crippen molar-refractivity contribution in [3.63, 3.8) is 0 Å². The zero-order valence-corrected chi connectivity index (χ0v) is 12.0. The van der Waals surface area contributed by atoms with Crippen LogP contribution >= 0.6 is 12.2 Å². The molecule has 0 heterocycles. The van der Waals surface area contributed by atoms with E-state index in [2.05, 4.69) is 0 Å². The lowest BCUT2D eigenvalue weighted by Gasteiger charge is -2.11. The van der Waals surface area contributed by atoms with Gasteiger partial charge < -0.3 is 15.2 Å². The molecule has 2 aromatic rings. The van der Waals surface area contributed by atoms with E-state index in [0.717, 1.165) is 23.8 Å². The number of ether oxygens (including phenoxy) is 2. The molecule has 0 aliphatic rings. The van der Waals surface area contributed by atoms with Gasteiger partial charge in [-0.1, -0.05) is 18.3 Å². The van der Waals surface area contributed by atoms with E-state index in [1.165, 1.54) is 7.11 Å². The number of halogens is 2. The van der Waals surface area contributed by atoms with E-state index in [1.54, 1.807) is 18.2 Å². The van der Waals surface area contributed by atoms with Crippen LogP contribution < -0.4 is 15.2 Å². The fourth-order valence-corrected chi connectivity index (χ4v) is 1.98. The first-order valence-electron chi connectivity index (χ1n) is 6.05. The van der Waals surface area contributed by atoms with Gasteiger partial charge in [-0.2, -0.15) is 0 Å². The molecule has 2 aromatic carbocycles. The van der Waals surface area contributed by atoms with E-state index in [4.69, 9.17) is 27.4 Å². The lowest BCUT2D eigenvalue weighted by atomic mass is 10.1. The topological polar surface area (TPSA) is 44.5 Å². The molecule has 0 saturated heterocycles. The quantitative estimate of drug-likeness (QED) is 0.862. The molecule has 0 fully saturated rings. The van der Waals surface area contributed by atoms with Crippen LogP contribution in [0.25, 0.3) is 0 Å². The molecule has 0 atom stereocenters. The fourth-order valence-electron chi connectivity index (χ4n) is 1.81. The SMILES string of the molecule is COc1cc(COc2cc(F)cc(F)c2)ccc1C(N)=S. The van der Waals surface area contributed by atoms with Crippen molar-refractivity contribution in [1.82, 2.24) is 0 Å². The van der Waals surface area contributed by atoms with E-state index < -0.39 is 11.6 Å². The minimum atomic E-state index is -0.689. The van der Waals surface area contributed by atoms with Crippen molar-refractivity contribution in [1.29, 1.82) is 0 Å². The highest BCUT2D eigenvalue weighted by atomic mass is 32.1. The number of hydrogen-bond donors (Lipinski definition) is 1. The average Bonchev–Trinajstić information content (AvgIpc) is 2.43. The standard InChI is InChI=1S/C15H13F2NO2S/c1-19-14-4-9(2-3-13(14)15(18)21)8-20-12-6-10(16)5-11(17)7-12/h2-7H,8H2,1H3,(H2,18,21). The fraction of sp³-hybridized carbons (Fsp3) is 0.133. The lowest BCUT2D eigenvalue weighted by molar-refractivity contribution is 0.301. The molecule has 0 radical (unpaired) electrons. The van der Waals surface area contributed by atoms with Gasteiger partial charge in [0.1, 0.15) is 34.7 Å². The summed E-state index contributed by atoms with van der Waals surface area (Å²) >= 11 is 4.91. The number of hydrogen-bond acceptors (Lipinski definition) is 3. The highest BCUT2D eigenvalue weighted by Crippen LogP contribution is 2.22. The van der Waals surface area contributed by atoms with Gasteiger partial charge >= 0.3 is 0 Å². The molecule has 3 nitrogen and oxygen atoms in total. The van der Waals surface area contributed by atoms with E-state index >= 15 is 0 Å². The van der Waals surface area contributed by atoms with Crippen LogP contribution in [0, 0.1) is 11.6 Å². The Morgan fingerprint density at radius 1 is 1.14 bits per heavy atom. The smallest absolute Gasteiger partial charge is 0.129 e. The molecule has 21 heavy (non-hydrogen) atoms. The minimum Gasteiger partial charge on any atom is -0.496 e. The highest BCUT2D eigenvalue weighted by Gasteiger charge is 2.08. The zero-order chi connectivity index (χ0) is 15.4. The summed E-state index contributed by atoms with van der Waals surface area (Å²) in [5.74, 6) is -0.739. The predicted octanol–water partition coefficient (Wildman–Crippen LogP) is 3.19. The zero-order valence-electron chi connectivity index (χ0n) is 11.2. The van der Waals surface area contributed by atoms with Crippen molar-refractivity contribution < 1.29 is 18.3 Å². The molecule has 0 bridgehead atoms. The first-order chi connectivity index (χ1) is 9.99. The van der Waals surface area contributed by atoms with Crippen LogP contribution in [0.1, 0.15) is 11.1 Å². The molecule has 2 N–H and O–H groups in total. The molecule has 0 aliphatic carbocycles. The molecule has 0 spiro atoms. The summed E-state index contributed by atoms with van der Waals surface area (Å²) < 4.78 is 36.6. The van der Waals surface area contributed by atoms with Gasteiger partial charge in [-0.3, -0.25) is 0 Å². The minimum absolute atomic E-state index is 0.116. The summed E-state index contributed by atoms with van der Waals surface area (Å²) in [7, 11) is 1.50. The Kier molecular flexibility index (Phi) is 4.70. The number of methoxy groups -OCH3 is 1. The van der Waals surface area contributed by atoms with Crippen molar-refractivity contribution in [3.05, 3.63) is 59.2 Å². The third kappa shape index (κ3) is 3.88. The normalized spacial score (nSPS) is 10.2. The summed E-state index contributed by atoms with van der Waals surface area (Å²) in [4.78, 5) is 0.228. The summed E-state index contributed by atoms with van der Waals surface area (Å²) in [6.45, 7) is 0.136. The van der Waals surface area contributed by atoms with Crippen LogP contribution in [0.3, 0.4) is 0 Å². The van der Waals surface area contributed by atoms with Gasteiger partial charge in [0.15, 0.2) is 0 Å². The van der Waals surface area contributed by atoms with Crippen molar-refractivity contribution in [2.45, 2.75) is 6.61 Å². The summed E-state index contributed by atoms with van der Waals surface area (Å²) in [5.41, 5.74) is 6.95. The molecule has 6 heteroatoms. The molecular formula is C15H13F2NO2S. The summed E-state index contributed by atoms with van der Waals surface area (Å²) in [6, 6.07) is 8.20. The van der Waals surface area contributed by atoms with Gasteiger partial charge in [0, 0.05) is 18.2 Å². The number of nitrogens with two attached hydrogens (primary N) is 1. The van der Waals surface area contributed by atoms with Crippen LogP contribution in [0.2, 0.25) is 0 Å². The maximum atomic E-state index is 13.0. The van der Waals surface area contributed by atoms with E-state index in [9.17, 15) is 8.78 Å². The second kappa shape index (κ2) is 6.49. The van der Waals surface area contributed by atoms with E-state index in [-0.39, 0.29) is 17.3 Å². The predicted molar refractivity (Wildman–Crippen MR) is 79.6 cm³/mol. The monoisotopic (exact) mass is 309 g/mol. The van der Waals surface area contributed by atoms with Crippen molar-refractivity contribution in [3.8, 4) is 11.5 Å². The van der Waals surface area contributed by atoms with Gasteiger partial charge in [-0.25, -0.2) is 8.78 Å². The number of thiocarbonyl (C=S) groups is 1. The number of benzene rings is 2. The van der Waals surface area contributed by atoms with Crippen LogP contribution in [-0.2, 0) is 6.61 Å². The first-order valence-corrected chi connectivity index (χ1v) is 6.46. The van der Waals surface area contributed by atoms with Crippen molar-refractivity contribution in [2.75, 3.05) is 7.11 Å². The Balaban J connectivity index is 2.14. The van der Waals surface area contributed by atoms with Gasteiger partial charge in [0.25, 0.3) is 0 Å². The van der Waals surface area contributed by atoms with E-state index in [0.29, 0.717) is 11.3 Å². The van der Waals surface area contributed by atoms with Crippen molar-refractivity contribution >= 4 is 17.2 Å². The Labute approximate surface area is 126 Å². The van der Waals surface area contributed by atoms with Crippen LogP contribution in [-0.4, -0.2) is 12.1 Å². The highest BCUT2D eigenvalue weighted by molar-refractivity contribution is 7.80. The third-order valence-electron chi connectivity index (χ3n) is 2.77. The second-order valence-electron chi connectivity index (χ2n) is 4.29. The molecule has 0 saturated carbocycles. The summed E-state index contributed by atoms with van der Waals surface area (Å²) in [6.07, 6.45) is 0. The Bertz CT molecular complexity index is 656. The largest absolute Gasteiger partial charge is 0.496 e. The van der Waals surface area contributed by atoms with E-state index in [1.807, 2.05) is 0 Å². The third-order valence-corrected chi connectivity index (χ3v) is 2.99. The summed E-state index contributed by atoms with van der Waals surface area (Å²) in [5, 5.41) is 0. The average molecular weight is 309 g/mol. The van der Waals surface area contributed by atoms with Gasteiger partial charge in [-0.05, 0) is 17.7 Å². The molecular weight excluding hydrogens is 296 g/mol. The van der Waals surface area contributed by atoms with Crippen LogP contribution in [0.15, 0.2) is 36.4 Å². The van der Waals surface area contributed by atoms with Crippen LogP contribution in [0.4, 0.5) is 8.78 Å². The molecule has 0 aliphatic heterocycles. The van der Waals surface area contributed by atoms with Crippen molar-refractivity contribution in [2.24, 2.45) is 5.73 Å². The molecule has 0 aromatic heterocycles. The Morgan fingerprint density at radius 3 is 2.38 bits per heavy atom. The molecule has 0 amide bonds. The lowest BCUT2D eigenvalue weighted by Crippen LogP contribution is -2.11. The maximum absolute atomic E-state index is 13.0. The molecule has 0 unspecified atom stereocenters. The Morgan fingerprint density at radius 2 is 1.81 bits per heavy atom.